The second-order valence-electron chi connectivity index (χ2n) is 3.94. The molecule has 0 aliphatic heterocycles. The van der Waals surface area contributed by atoms with Crippen molar-refractivity contribution >= 4 is 27.4 Å². The fraction of sp³-hybridized carbons (Fsp3) is 0.0714. The number of para-hydroxylation sites is 1. The van der Waals surface area contributed by atoms with Crippen LogP contribution in [0.15, 0.2) is 46.9 Å². The zero-order valence-corrected chi connectivity index (χ0v) is 11.7. The van der Waals surface area contributed by atoms with Gasteiger partial charge in [-0.3, -0.25) is 4.79 Å². The number of alkyl halides is 2. The lowest BCUT2D eigenvalue weighted by molar-refractivity contribution is -0.0501. The van der Waals surface area contributed by atoms with E-state index in [0.29, 0.717) is 15.7 Å². The second-order valence-corrected chi connectivity index (χ2v) is 4.79. The van der Waals surface area contributed by atoms with Gasteiger partial charge < -0.3 is 10.5 Å². The molecule has 0 radical (unpaired) electrons. The first-order valence-corrected chi connectivity index (χ1v) is 6.42. The van der Waals surface area contributed by atoms with Crippen LogP contribution in [-0.2, 0) is 0 Å². The topological polar surface area (TPSA) is 52.3 Å². The Morgan fingerprint density at radius 3 is 2.55 bits per heavy atom. The minimum absolute atomic E-state index is 0.0736. The summed E-state index contributed by atoms with van der Waals surface area (Å²) < 4.78 is 29.6. The molecule has 0 aromatic heterocycles. The lowest BCUT2D eigenvalue weighted by atomic mass is 10.0. The van der Waals surface area contributed by atoms with E-state index >= 15 is 0 Å². The van der Waals surface area contributed by atoms with Gasteiger partial charge in [-0.2, -0.15) is 8.78 Å². The maximum atomic E-state index is 12.3. The number of halogens is 3. The molecule has 0 spiro atoms. The predicted octanol–water partition coefficient (Wildman–Crippen LogP) is 3.86. The Morgan fingerprint density at radius 1 is 1.20 bits per heavy atom. The van der Waals surface area contributed by atoms with E-state index in [1.54, 1.807) is 12.1 Å². The summed E-state index contributed by atoms with van der Waals surface area (Å²) in [7, 11) is 0. The van der Waals surface area contributed by atoms with Gasteiger partial charge in [-0.15, -0.1) is 0 Å². The molecule has 0 saturated heterocycles. The van der Waals surface area contributed by atoms with Crippen LogP contribution in [0.3, 0.4) is 0 Å². The minimum Gasteiger partial charge on any atom is -0.434 e. The van der Waals surface area contributed by atoms with Gasteiger partial charge in [0, 0.05) is 15.7 Å². The first kappa shape index (κ1) is 14.5. The third-order valence-electron chi connectivity index (χ3n) is 2.61. The van der Waals surface area contributed by atoms with Crippen molar-refractivity contribution in [3.05, 3.63) is 58.1 Å². The van der Waals surface area contributed by atoms with Crippen LogP contribution in [0.2, 0.25) is 0 Å². The molecule has 0 atom stereocenters. The molecule has 3 nitrogen and oxygen atoms in total. The molecule has 2 N–H and O–H groups in total. The van der Waals surface area contributed by atoms with Crippen LogP contribution < -0.4 is 10.5 Å². The first-order valence-electron chi connectivity index (χ1n) is 5.62. The van der Waals surface area contributed by atoms with E-state index < -0.39 is 12.4 Å². The van der Waals surface area contributed by atoms with E-state index in [1.807, 2.05) is 0 Å². The second kappa shape index (κ2) is 6.00. The Labute approximate surface area is 122 Å². The minimum atomic E-state index is -2.98. The van der Waals surface area contributed by atoms with Crippen LogP contribution in [0.5, 0.6) is 5.75 Å². The average molecular weight is 342 g/mol. The summed E-state index contributed by atoms with van der Waals surface area (Å²) in [6, 6.07) is 10.5. The molecule has 0 aliphatic rings. The van der Waals surface area contributed by atoms with E-state index in [1.165, 1.54) is 30.3 Å². The molecule has 0 unspecified atom stereocenters. The summed E-state index contributed by atoms with van der Waals surface area (Å²) in [6.45, 7) is -2.98. The number of ketones is 1. The number of benzene rings is 2. The van der Waals surface area contributed by atoms with Gasteiger partial charge in [0.1, 0.15) is 5.75 Å². The molecule has 2 aromatic rings. The van der Waals surface area contributed by atoms with Crippen LogP contribution >= 0.6 is 15.9 Å². The van der Waals surface area contributed by atoms with E-state index in [0.717, 1.165) is 0 Å². The van der Waals surface area contributed by atoms with E-state index in [-0.39, 0.29) is 11.3 Å². The number of anilines is 1. The Hall–Kier alpha value is -1.95. The summed E-state index contributed by atoms with van der Waals surface area (Å²) in [6.07, 6.45) is 0. The summed E-state index contributed by atoms with van der Waals surface area (Å²) in [4.78, 5) is 12.3. The summed E-state index contributed by atoms with van der Waals surface area (Å²) in [5.41, 5.74) is 6.53. The van der Waals surface area contributed by atoms with Gasteiger partial charge in [-0.25, -0.2) is 0 Å². The molecule has 0 aliphatic carbocycles. The van der Waals surface area contributed by atoms with Crippen molar-refractivity contribution in [1.82, 2.24) is 0 Å². The number of nitrogens with two attached hydrogens (primary N) is 1. The summed E-state index contributed by atoms with van der Waals surface area (Å²) in [5, 5.41) is 0. The lowest BCUT2D eigenvalue weighted by Gasteiger charge is -2.10. The molecule has 2 aromatic carbocycles. The van der Waals surface area contributed by atoms with Crippen molar-refractivity contribution in [3.63, 3.8) is 0 Å². The quantitative estimate of drug-likeness (QED) is 0.678. The number of hydrogen-bond donors (Lipinski definition) is 1. The molecular formula is C14H10BrF2NO2. The fourth-order valence-corrected chi connectivity index (χ4v) is 2.06. The van der Waals surface area contributed by atoms with E-state index in [4.69, 9.17) is 5.73 Å². The Kier molecular flexibility index (Phi) is 4.34. The molecule has 0 bridgehead atoms. The van der Waals surface area contributed by atoms with Gasteiger partial charge >= 0.3 is 6.61 Å². The van der Waals surface area contributed by atoms with Crippen LogP contribution in [-0.4, -0.2) is 12.4 Å². The van der Waals surface area contributed by atoms with Gasteiger partial charge in [0.2, 0.25) is 0 Å². The number of nitrogen functional groups attached to an aromatic ring is 1. The Morgan fingerprint density at radius 2 is 1.90 bits per heavy atom. The molecule has 104 valence electrons. The van der Waals surface area contributed by atoms with Gasteiger partial charge in [0.15, 0.2) is 5.78 Å². The Balaban J connectivity index is 2.40. The number of hydrogen-bond acceptors (Lipinski definition) is 3. The number of carbonyl (C=O) groups excluding carboxylic acids is 1. The molecule has 0 fully saturated rings. The first-order chi connectivity index (χ1) is 9.49. The fourth-order valence-electron chi connectivity index (χ4n) is 1.68. The number of rotatable bonds is 4. The van der Waals surface area contributed by atoms with E-state index in [9.17, 15) is 13.6 Å². The normalized spacial score (nSPS) is 10.6. The van der Waals surface area contributed by atoms with Crippen molar-refractivity contribution < 1.29 is 18.3 Å². The maximum Gasteiger partial charge on any atom is 0.387 e. The SMILES string of the molecule is Nc1ccc(C(=O)c2ccccc2OC(F)F)cc1Br. The van der Waals surface area contributed by atoms with Crippen molar-refractivity contribution in [1.29, 1.82) is 0 Å². The molecule has 0 saturated carbocycles. The highest BCUT2D eigenvalue weighted by Crippen LogP contribution is 2.26. The van der Waals surface area contributed by atoms with Crippen molar-refractivity contribution in [2.24, 2.45) is 0 Å². The molecular weight excluding hydrogens is 332 g/mol. The van der Waals surface area contributed by atoms with Crippen molar-refractivity contribution in [2.75, 3.05) is 5.73 Å². The van der Waals surface area contributed by atoms with Crippen LogP contribution in [0.1, 0.15) is 15.9 Å². The molecule has 6 heteroatoms. The van der Waals surface area contributed by atoms with Gasteiger partial charge in [-0.05, 0) is 46.3 Å². The lowest BCUT2D eigenvalue weighted by Crippen LogP contribution is -2.09. The standard InChI is InChI=1S/C14H10BrF2NO2/c15-10-7-8(5-6-11(10)18)13(19)9-3-1-2-4-12(9)20-14(16)17/h1-7,14H,18H2. The van der Waals surface area contributed by atoms with Crippen LogP contribution in [0, 0.1) is 0 Å². The highest BCUT2D eigenvalue weighted by atomic mass is 79.9. The van der Waals surface area contributed by atoms with Crippen LogP contribution in [0.4, 0.5) is 14.5 Å². The van der Waals surface area contributed by atoms with Crippen molar-refractivity contribution in [3.8, 4) is 5.75 Å². The average Bonchev–Trinajstić information content (AvgIpc) is 2.41. The molecule has 0 heterocycles. The van der Waals surface area contributed by atoms with Gasteiger partial charge in [0.05, 0.1) is 5.56 Å². The monoisotopic (exact) mass is 341 g/mol. The van der Waals surface area contributed by atoms with Gasteiger partial charge in [0.25, 0.3) is 0 Å². The van der Waals surface area contributed by atoms with Crippen LogP contribution in [0.25, 0.3) is 0 Å². The third kappa shape index (κ3) is 3.14. The van der Waals surface area contributed by atoms with Crippen molar-refractivity contribution in [2.45, 2.75) is 6.61 Å². The summed E-state index contributed by atoms with van der Waals surface area (Å²) in [5.74, 6) is -0.567. The smallest absolute Gasteiger partial charge is 0.387 e. The predicted molar refractivity (Wildman–Crippen MR) is 75.1 cm³/mol. The molecule has 0 amide bonds. The zero-order chi connectivity index (χ0) is 14.7. The Bertz CT molecular complexity index is 647. The highest BCUT2D eigenvalue weighted by Gasteiger charge is 2.17. The maximum absolute atomic E-state index is 12.3. The van der Waals surface area contributed by atoms with E-state index in [2.05, 4.69) is 20.7 Å². The third-order valence-corrected chi connectivity index (χ3v) is 3.30. The number of ether oxygens (including phenoxy) is 1. The van der Waals surface area contributed by atoms with Gasteiger partial charge in [-0.1, -0.05) is 12.1 Å². The molecule has 2 rings (SSSR count). The highest BCUT2D eigenvalue weighted by molar-refractivity contribution is 9.10. The molecule has 20 heavy (non-hydrogen) atoms. The zero-order valence-electron chi connectivity index (χ0n) is 10.1. The largest absolute Gasteiger partial charge is 0.434 e. The summed E-state index contributed by atoms with van der Waals surface area (Å²) >= 11 is 3.22. The number of carbonyl (C=O) groups is 1.